The molecule has 2 N–H and O–H groups in total. The molecule has 0 saturated heterocycles. The predicted molar refractivity (Wildman–Crippen MR) is 90.6 cm³/mol. The molecule has 0 saturated carbocycles. The number of fused-ring (bicyclic) bond motifs is 1. The van der Waals surface area contributed by atoms with E-state index in [1.807, 2.05) is 26.0 Å². The molecule has 0 spiro atoms. The van der Waals surface area contributed by atoms with Crippen LogP contribution >= 0.6 is 0 Å². The fourth-order valence-electron chi connectivity index (χ4n) is 2.46. The van der Waals surface area contributed by atoms with Crippen molar-refractivity contribution in [3.05, 3.63) is 57.3 Å². The molecular weight excluding hydrogens is 326 g/mol. The van der Waals surface area contributed by atoms with Crippen molar-refractivity contribution < 1.29 is 19.3 Å². The first-order chi connectivity index (χ1) is 11.8. The molecule has 0 aliphatic carbocycles. The van der Waals surface area contributed by atoms with Gasteiger partial charge in [0.25, 0.3) is 5.69 Å². The number of hydrogen-bond donors (Lipinski definition) is 2. The van der Waals surface area contributed by atoms with Crippen molar-refractivity contribution in [1.82, 2.24) is 5.16 Å². The van der Waals surface area contributed by atoms with Crippen molar-refractivity contribution >= 4 is 28.3 Å². The SMILES string of the molecule is Cc1cc2onc(CC(=O)Nc3cc([N+](=O)[O-])ccc3O)c2cc1C. The van der Waals surface area contributed by atoms with Crippen LogP contribution in [0.3, 0.4) is 0 Å². The van der Waals surface area contributed by atoms with Gasteiger partial charge in [-0.25, -0.2) is 0 Å². The standard InChI is InChI=1S/C17H15N3O5/c1-9-5-12-13(19-25-16(12)6-10(9)2)8-17(22)18-14-7-11(20(23)24)3-4-15(14)21/h3-7,21H,8H2,1-2H3,(H,18,22). The van der Waals surface area contributed by atoms with Gasteiger partial charge in [0.15, 0.2) is 5.58 Å². The van der Waals surface area contributed by atoms with Crippen LogP contribution in [0, 0.1) is 24.0 Å². The molecule has 0 bridgehead atoms. The zero-order valence-electron chi connectivity index (χ0n) is 13.6. The van der Waals surface area contributed by atoms with Crippen molar-refractivity contribution in [3.63, 3.8) is 0 Å². The summed E-state index contributed by atoms with van der Waals surface area (Å²) in [4.78, 5) is 22.4. The number of nitro benzene ring substituents is 1. The molecular formula is C17H15N3O5. The Morgan fingerprint density at radius 3 is 2.72 bits per heavy atom. The molecule has 3 rings (SSSR count). The minimum Gasteiger partial charge on any atom is -0.506 e. The summed E-state index contributed by atoms with van der Waals surface area (Å²) in [5, 5.41) is 27.7. The van der Waals surface area contributed by atoms with Crippen LogP contribution in [-0.2, 0) is 11.2 Å². The van der Waals surface area contributed by atoms with Gasteiger partial charge in [0.2, 0.25) is 5.91 Å². The summed E-state index contributed by atoms with van der Waals surface area (Å²) in [5.41, 5.74) is 2.89. The Bertz CT molecular complexity index is 993. The number of nitrogens with zero attached hydrogens (tertiary/aromatic N) is 2. The number of anilines is 1. The number of benzene rings is 2. The summed E-state index contributed by atoms with van der Waals surface area (Å²) in [5.74, 6) is -0.723. The first-order valence-electron chi connectivity index (χ1n) is 7.48. The van der Waals surface area contributed by atoms with Crippen LogP contribution in [0.2, 0.25) is 0 Å². The number of nitrogens with one attached hydrogen (secondary N) is 1. The number of amides is 1. The van der Waals surface area contributed by atoms with E-state index in [0.29, 0.717) is 11.3 Å². The Balaban J connectivity index is 1.83. The van der Waals surface area contributed by atoms with Crippen LogP contribution < -0.4 is 5.32 Å². The van der Waals surface area contributed by atoms with Crippen molar-refractivity contribution in [2.45, 2.75) is 20.3 Å². The Labute approximate surface area is 142 Å². The maximum absolute atomic E-state index is 12.2. The maximum Gasteiger partial charge on any atom is 0.271 e. The summed E-state index contributed by atoms with van der Waals surface area (Å²) in [6, 6.07) is 7.16. The average Bonchev–Trinajstić information content (AvgIpc) is 2.91. The van der Waals surface area contributed by atoms with Gasteiger partial charge in [-0.05, 0) is 43.2 Å². The highest BCUT2D eigenvalue weighted by atomic mass is 16.6. The lowest BCUT2D eigenvalue weighted by Crippen LogP contribution is -2.15. The Kier molecular flexibility index (Phi) is 4.10. The number of phenolic OH excluding ortho intramolecular Hbond substituents is 1. The summed E-state index contributed by atoms with van der Waals surface area (Å²) in [6.45, 7) is 3.90. The minimum absolute atomic E-state index is 0.0287. The second kappa shape index (κ2) is 6.23. The lowest BCUT2D eigenvalue weighted by Gasteiger charge is -2.06. The molecule has 0 aliphatic heterocycles. The van der Waals surface area contributed by atoms with Gasteiger partial charge in [-0.15, -0.1) is 0 Å². The highest BCUT2D eigenvalue weighted by Crippen LogP contribution is 2.28. The van der Waals surface area contributed by atoms with Crippen molar-refractivity contribution in [2.24, 2.45) is 0 Å². The lowest BCUT2D eigenvalue weighted by atomic mass is 10.1. The van der Waals surface area contributed by atoms with Gasteiger partial charge in [-0.1, -0.05) is 5.16 Å². The molecule has 0 aliphatic rings. The number of rotatable bonds is 4. The van der Waals surface area contributed by atoms with Crippen LogP contribution in [0.15, 0.2) is 34.9 Å². The number of phenols is 1. The van der Waals surface area contributed by atoms with Crippen molar-refractivity contribution in [1.29, 1.82) is 0 Å². The Morgan fingerprint density at radius 1 is 1.28 bits per heavy atom. The van der Waals surface area contributed by atoms with Crippen LogP contribution in [0.1, 0.15) is 16.8 Å². The van der Waals surface area contributed by atoms with Crippen LogP contribution in [0.25, 0.3) is 11.0 Å². The number of carbonyl (C=O) groups is 1. The molecule has 1 heterocycles. The topological polar surface area (TPSA) is 119 Å². The number of non-ortho nitro benzene ring substituents is 1. The summed E-state index contributed by atoms with van der Waals surface area (Å²) in [7, 11) is 0. The van der Waals surface area contributed by atoms with Gasteiger partial charge in [0, 0.05) is 17.5 Å². The number of nitro groups is 1. The summed E-state index contributed by atoms with van der Waals surface area (Å²) < 4.78 is 5.24. The zero-order valence-corrected chi connectivity index (χ0v) is 13.6. The van der Waals surface area contributed by atoms with E-state index in [9.17, 15) is 20.0 Å². The third-order valence-electron chi connectivity index (χ3n) is 3.95. The van der Waals surface area contributed by atoms with Crippen LogP contribution in [-0.4, -0.2) is 21.1 Å². The van der Waals surface area contributed by atoms with Gasteiger partial charge in [0.05, 0.1) is 17.0 Å². The van der Waals surface area contributed by atoms with E-state index >= 15 is 0 Å². The molecule has 25 heavy (non-hydrogen) atoms. The van der Waals surface area contributed by atoms with Gasteiger partial charge in [-0.3, -0.25) is 14.9 Å². The van der Waals surface area contributed by atoms with Crippen molar-refractivity contribution in [3.8, 4) is 5.75 Å². The van der Waals surface area contributed by atoms with Crippen molar-refractivity contribution in [2.75, 3.05) is 5.32 Å². The number of aryl methyl sites for hydroxylation is 2. The van der Waals surface area contributed by atoms with E-state index in [0.717, 1.165) is 34.7 Å². The number of aromatic hydroxyl groups is 1. The normalized spacial score (nSPS) is 10.8. The molecule has 128 valence electrons. The molecule has 0 unspecified atom stereocenters. The molecule has 2 aromatic carbocycles. The van der Waals surface area contributed by atoms with Crippen LogP contribution in [0.4, 0.5) is 11.4 Å². The third-order valence-corrected chi connectivity index (χ3v) is 3.95. The smallest absolute Gasteiger partial charge is 0.271 e. The molecule has 0 fully saturated rings. The zero-order chi connectivity index (χ0) is 18.1. The van der Waals surface area contributed by atoms with Gasteiger partial charge in [-0.2, -0.15) is 0 Å². The number of carbonyl (C=O) groups excluding carboxylic acids is 1. The van der Waals surface area contributed by atoms with Crippen LogP contribution in [0.5, 0.6) is 5.75 Å². The Morgan fingerprint density at radius 2 is 2.00 bits per heavy atom. The molecule has 8 heteroatoms. The number of hydrogen-bond acceptors (Lipinski definition) is 6. The van der Waals surface area contributed by atoms with E-state index in [4.69, 9.17) is 4.52 Å². The van der Waals surface area contributed by atoms with Gasteiger partial charge in [0.1, 0.15) is 11.4 Å². The van der Waals surface area contributed by atoms with E-state index < -0.39 is 10.8 Å². The summed E-state index contributed by atoms with van der Waals surface area (Å²) >= 11 is 0. The van der Waals surface area contributed by atoms with E-state index in [-0.39, 0.29) is 23.5 Å². The quantitative estimate of drug-likeness (QED) is 0.427. The first-order valence-corrected chi connectivity index (χ1v) is 7.48. The van der Waals surface area contributed by atoms with Gasteiger partial charge < -0.3 is 14.9 Å². The monoisotopic (exact) mass is 341 g/mol. The number of aromatic nitrogens is 1. The highest BCUT2D eigenvalue weighted by molar-refractivity contribution is 5.96. The maximum atomic E-state index is 12.2. The van der Waals surface area contributed by atoms with E-state index in [1.165, 1.54) is 0 Å². The molecule has 1 amide bonds. The second-order valence-electron chi connectivity index (χ2n) is 5.75. The molecule has 3 aromatic rings. The largest absolute Gasteiger partial charge is 0.506 e. The second-order valence-corrected chi connectivity index (χ2v) is 5.75. The van der Waals surface area contributed by atoms with E-state index in [2.05, 4.69) is 10.5 Å². The molecule has 1 aromatic heterocycles. The first kappa shape index (κ1) is 16.4. The van der Waals surface area contributed by atoms with E-state index in [1.54, 1.807) is 0 Å². The predicted octanol–water partition coefficient (Wildman–Crippen LogP) is 3.24. The highest BCUT2D eigenvalue weighted by Gasteiger charge is 2.16. The minimum atomic E-state index is -0.606. The summed E-state index contributed by atoms with van der Waals surface area (Å²) in [6.07, 6.45) is -0.0857. The fourth-order valence-corrected chi connectivity index (χ4v) is 2.46. The molecule has 0 radical (unpaired) electrons. The third kappa shape index (κ3) is 3.27. The molecule has 0 atom stereocenters. The van der Waals surface area contributed by atoms with Gasteiger partial charge >= 0.3 is 0 Å². The molecule has 8 nitrogen and oxygen atoms in total. The Hall–Kier alpha value is -3.42. The lowest BCUT2D eigenvalue weighted by molar-refractivity contribution is -0.384. The fraction of sp³-hybridized carbons (Fsp3) is 0.176. The average molecular weight is 341 g/mol.